The molecule has 4 heteroatoms. The number of nitrogens with one attached hydrogen (secondary N) is 1. The van der Waals surface area contributed by atoms with Crippen LogP contribution in [0.15, 0.2) is 57.7 Å². The molecule has 3 rings (SSSR count). The molecule has 3 nitrogen and oxygen atoms in total. The standard InChI is InChI=1S/C17H16BrNO2/c1-17(2,12-6-4-3-5-7-12)15(18)11-8-9-13-14(10-11)21-16(20)19-13/h3-10,15H,1-2H3,(H,19,20). The number of fused-ring (bicyclic) bond motifs is 1. The van der Waals surface area contributed by atoms with Gasteiger partial charge in [-0.3, -0.25) is 4.98 Å². The van der Waals surface area contributed by atoms with Crippen LogP contribution in [0, 0.1) is 0 Å². The molecule has 0 aliphatic heterocycles. The SMILES string of the molecule is CC(C)(c1ccccc1)C(Br)c1ccc2[nH]c(=O)oc2c1. The van der Waals surface area contributed by atoms with Crippen LogP contribution in [-0.4, -0.2) is 4.98 Å². The summed E-state index contributed by atoms with van der Waals surface area (Å²) >= 11 is 3.81. The van der Waals surface area contributed by atoms with Gasteiger partial charge < -0.3 is 4.42 Å². The highest BCUT2D eigenvalue weighted by Crippen LogP contribution is 2.43. The summed E-state index contributed by atoms with van der Waals surface area (Å²) in [6, 6.07) is 16.2. The van der Waals surface area contributed by atoms with Gasteiger partial charge in [0.05, 0.1) is 5.52 Å². The molecule has 0 saturated carbocycles. The number of hydrogen-bond acceptors (Lipinski definition) is 2. The predicted octanol–water partition coefficient (Wildman–Crippen LogP) is 4.53. The molecule has 108 valence electrons. The fraction of sp³-hybridized carbons (Fsp3) is 0.235. The fourth-order valence-electron chi connectivity index (χ4n) is 2.55. The number of aromatic nitrogens is 1. The second-order valence-electron chi connectivity index (χ2n) is 5.72. The van der Waals surface area contributed by atoms with Gasteiger partial charge in [-0.1, -0.05) is 66.2 Å². The van der Waals surface area contributed by atoms with Crippen LogP contribution >= 0.6 is 15.9 Å². The Labute approximate surface area is 131 Å². The first-order valence-corrected chi connectivity index (χ1v) is 7.72. The van der Waals surface area contributed by atoms with E-state index in [1.807, 2.05) is 36.4 Å². The van der Waals surface area contributed by atoms with Crippen LogP contribution in [0.1, 0.15) is 29.8 Å². The maximum absolute atomic E-state index is 11.3. The van der Waals surface area contributed by atoms with Crippen LogP contribution in [0.5, 0.6) is 0 Å². The average molecular weight is 346 g/mol. The highest BCUT2D eigenvalue weighted by atomic mass is 79.9. The molecule has 0 aliphatic rings. The molecule has 0 radical (unpaired) electrons. The third-order valence-corrected chi connectivity index (χ3v) is 5.56. The normalized spacial score (nSPS) is 13.5. The number of halogens is 1. The summed E-state index contributed by atoms with van der Waals surface area (Å²) in [7, 11) is 0. The van der Waals surface area contributed by atoms with Gasteiger partial charge in [0.25, 0.3) is 0 Å². The second-order valence-corrected chi connectivity index (χ2v) is 6.64. The molecule has 21 heavy (non-hydrogen) atoms. The molecule has 2 aromatic carbocycles. The van der Waals surface area contributed by atoms with Crippen molar-refractivity contribution < 1.29 is 4.42 Å². The van der Waals surface area contributed by atoms with Gasteiger partial charge in [-0.2, -0.15) is 0 Å². The van der Waals surface area contributed by atoms with E-state index in [0.717, 1.165) is 11.1 Å². The summed E-state index contributed by atoms with van der Waals surface area (Å²) in [6.45, 7) is 4.39. The lowest BCUT2D eigenvalue weighted by molar-refractivity contribution is 0.516. The average Bonchev–Trinajstić information content (AvgIpc) is 2.86. The molecule has 0 amide bonds. The first-order valence-electron chi connectivity index (χ1n) is 6.81. The van der Waals surface area contributed by atoms with Gasteiger partial charge >= 0.3 is 5.76 Å². The first-order chi connectivity index (χ1) is 9.98. The van der Waals surface area contributed by atoms with E-state index in [1.165, 1.54) is 5.56 Å². The molecule has 1 aromatic heterocycles. The zero-order chi connectivity index (χ0) is 15.0. The molecule has 0 saturated heterocycles. The number of alkyl halides is 1. The van der Waals surface area contributed by atoms with Crippen molar-refractivity contribution >= 4 is 27.0 Å². The summed E-state index contributed by atoms with van der Waals surface area (Å²) in [4.78, 5) is 14.0. The lowest BCUT2D eigenvalue weighted by Crippen LogP contribution is -2.23. The number of hydrogen-bond donors (Lipinski definition) is 1. The molecule has 0 spiro atoms. The molecule has 1 unspecified atom stereocenters. The Hall–Kier alpha value is -1.81. The largest absolute Gasteiger partial charge is 0.417 e. The molecular formula is C17H16BrNO2. The van der Waals surface area contributed by atoms with Crippen LogP contribution in [0.4, 0.5) is 0 Å². The predicted molar refractivity (Wildman–Crippen MR) is 88.0 cm³/mol. The minimum absolute atomic E-state index is 0.0917. The molecule has 3 aromatic rings. The monoisotopic (exact) mass is 345 g/mol. The van der Waals surface area contributed by atoms with Crippen molar-refractivity contribution in [1.82, 2.24) is 4.98 Å². The maximum Gasteiger partial charge on any atom is 0.417 e. The Balaban J connectivity index is 2.02. The third kappa shape index (κ3) is 2.56. The van der Waals surface area contributed by atoms with Gasteiger partial charge in [0, 0.05) is 10.2 Å². The Morgan fingerprint density at radius 1 is 1.14 bits per heavy atom. The van der Waals surface area contributed by atoms with Gasteiger partial charge in [-0.25, -0.2) is 4.79 Å². The van der Waals surface area contributed by atoms with E-state index in [0.29, 0.717) is 5.58 Å². The zero-order valence-electron chi connectivity index (χ0n) is 11.9. The van der Waals surface area contributed by atoms with E-state index < -0.39 is 5.76 Å². The number of aromatic amines is 1. The van der Waals surface area contributed by atoms with E-state index >= 15 is 0 Å². The lowest BCUT2D eigenvalue weighted by atomic mass is 9.79. The Kier molecular flexibility index (Phi) is 3.49. The van der Waals surface area contributed by atoms with E-state index in [-0.39, 0.29) is 10.2 Å². The van der Waals surface area contributed by atoms with Crippen LogP contribution in [-0.2, 0) is 5.41 Å². The maximum atomic E-state index is 11.3. The van der Waals surface area contributed by atoms with Crippen molar-refractivity contribution in [2.75, 3.05) is 0 Å². The van der Waals surface area contributed by atoms with Crippen molar-refractivity contribution in [1.29, 1.82) is 0 Å². The quantitative estimate of drug-likeness (QED) is 0.708. The van der Waals surface area contributed by atoms with Gasteiger partial charge in [0.2, 0.25) is 0 Å². The van der Waals surface area contributed by atoms with E-state index in [2.05, 4.69) is 46.9 Å². The highest BCUT2D eigenvalue weighted by Gasteiger charge is 2.30. The van der Waals surface area contributed by atoms with Gasteiger partial charge in [-0.15, -0.1) is 0 Å². The van der Waals surface area contributed by atoms with Crippen molar-refractivity contribution in [3.8, 4) is 0 Å². The summed E-state index contributed by atoms with van der Waals surface area (Å²) in [6.07, 6.45) is 0. The number of H-pyrrole nitrogens is 1. The zero-order valence-corrected chi connectivity index (χ0v) is 13.5. The van der Waals surface area contributed by atoms with Crippen LogP contribution < -0.4 is 5.76 Å². The van der Waals surface area contributed by atoms with Crippen molar-refractivity contribution in [3.05, 3.63) is 70.2 Å². The smallest absolute Gasteiger partial charge is 0.408 e. The number of oxazole rings is 1. The van der Waals surface area contributed by atoms with Crippen LogP contribution in [0.2, 0.25) is 0 Å². The number of benzene rings is 2. The first kappa shape index (κ1) is 14.1. The van der Waals surface area contributed by atoms with E-state index in [4.69, 9.17) is 4.42 Å². The molecule has 1 atom stereocenters. The van der Waals surface area contributed by atoms with Crippen molar-refractivity contribution in [2.24, 2.45) is 0 Å². The third-order valence-electron chi connectivity index (χ3n) is 3.89. The van der Waals surface area contributed by atoms with Crippen molar-refractivity contribution in [2.45, 2.75) is 24.1 Å². The Morgan fingerprint density at radius 2 is 1.86 bits per heavy atom. The molecule has 0 aliphatic carbocycles. The molecular weight excluding hydrogens is 330 g/mol. The Bertz CT molecular complexity index is 817. The molecule has 1 N–H and O–H groups in total. The summed E-state index contributed by atoms with van der Waals surface area (Å²) in [5, 5.41) is 0. The summed E-state index contributed by atoms with van der Waals surface area (Å²) < 4.78 is 5.15. The van der Waals surface area contributed by atoms with Gasteiger partial charge in [0.1, 0.15) is 0 Å². The summed E-state index contributed by atoms with van der Waals surface area (Å²) in [5.74, 6) is -0.421. The lowest BCUT2D eigenvalue weighted by Gasteiger charge is -2.31. The minimum Gasteiger partial charge on any atom is -0.408 e. The highest BCUT2D eigenvalue weighted by molar-refractivity contribution is 9.09. The van der Waals surface area contributed by atoms with E-state index in [1.54, 1.807) is 0 Å². The number of rotatable bonds is 3. The summed E-state index contributed by atoms with van der Waals surface area (Å²) in [5.41, 5.74) is 3.55. The molecule has 1 heterocycles. The second kappa shape index (κ2) is 5.19. The van der Waals surface area contributed by atoms with Gasteiger partial charge in [-0.05, 0) is 23.3 Å². The minimum atomic E-state index is -0.421. The van der Waals surface area contributed by atoms with Crippen LogP contribution in [0.25, 0.3) is 11.1 Å². The molecule has 0 fully saturated rings. The molecule has 0 bridgehead atoms. The topological polar surface area (TPSA) is 46.0 Å². The van der Waals surface area contributed by atoms with Crippen molar-refractivity contribution in [3.63, 3.8) is 0 Å². The fourth-order valence-corrected chi connectivity index (χ4v) is 3.10. The van der Waals surface area contributed by atoms with Crippen LogP contribution in [0.3, 0.4) is 0 Å². The Morgan fingerprint density at radius 3 is 2.57 bits per heavy atom. The van der Waals surface area contributed by atoms with E-state index in [9.17, 15) is 4.79 Å². The van der Waals surface area contributed by atoms with Gasteiger partial charge in [0.15, 0.2) is 5.58 Å².